The SMILES string of the molecule is CC(c1nnnn1C1CC1)N1CCCN(Cc2nccn2C(C)C)CC1. The van der Waals surface area contributed by atoms with Crippen molar-refractivity contribution in [3.63, 3.8) is 0 Å². The largest absolute Gasteiger partial charge is 0.331 e. The lowest BCUT2D eigenvalue weighted by molar-refractivity contribution is 0.196. The predicted molar refractivity (Wildman–Crippen MR) is 98.6 cm³/mol. The van der Waals surface area contributed by atoms with Gasteiger partial charge in [-0.15, -0.1) is 5.10 Å². The minimum atomic E-state index is 0.267. The lowest BCUT2D eigenvalue weighted by Gasteiger charge is -2.27. The van der Waals surface area contributed by atoms with Crippen molar-refractivity contribution in [2.24, 2.45) is 0 Å². The minimum absolute atomic E-state index is 0.267. The zero-order valence-corrected chi connectivity index (χ0v) is 16.1. The Kier molecular flexibility index (Phi) is 5.04. The number of nitrogens with zero attached hydrogens (tertiary/aromatic N) is 8. The normalized spacial score (nSPS) is 21.2. The van der Waals surface area contributed by atoms with Crippen LogP contribution in [-0.2, 0) is 6.54 Å². The van der Waals surface area contributed by atoms with Crippen LogP contribution in [0.15, 0.2) is 12.4 Å². The van der Waals surface area contributed by atoms with Gasteiger partial charge < -0.3 is 4.57 Å². The van der Waals surface area contributed by atoms with Gasteiger partial charge in [-0.05, 0) is 57.0 Å². The second kappa shape index (κ2) is 7.44. The number of rotatable bonds is 6. The smallest absolute Gasteiger partial charge is 0.168 e. The zero-order valence-electron chi connectivity index (χ0n) is 16.1. The Bertz CT molecular complexity index is 716. The second-order valence-electron chi connectivity index (χ2n) is 7.90. The molecule has 3 heterocycles. The summed E-state index contributed by atoms with van der Waals surface area (Å²) in [7, 11) is 0. The lowest BCUT2D eigenvalue weighted by Crippen LogP contribution is -2.34. The van der Waals surface area contributed by atoms with Crippen LogP contribution in [0.3, 0.4) is 0 Å². The molecule has 142 valence electrons. The fourth-order valence-corrected chi connectivity index (χ4v) is 3.89. The fraction of sp³-hybridized carbons (Fsp3) is 0.778. The van der Waals surface area contributed by atoms with E-state index in [9.17, 15) is 0 Å². The summed E-state index contributed by atoms with van der Waals surface area (Å²) in [6.45, 7) is 11.9. The van der Waals surface area contributed by atoms with E-state index < -0.39 is 0 Å². The van der Waals surface area contributed by atoms with E-state index in [1.165, 1.54) is 18.7 Å². The molecule has 2 fully saturated rings. The summed E-state index contributed by atoms with van der Waals surface area (Å²) in [6, 6.07) is 1.25. The predicted octanol–water partition coefficient (Wildman–Crippen LogP) is 2.05. The molecule has 1 atom stereocenters. The Balaban J connectivity index is 1.38. The van der Waals surface area contributed by atoms with Crippen molar-refractivity contribution in [2.45, 2.75) is 64.7 Å². The molecule has 0 radical (unpaired) electrons. The van der Waals surface area contributed by atoms with E-state index in [0.29, 0.717) is 12.1 Å². The van der Waals surface area contributed by atoms with Gasteiger partial charge in [0.1, 0.15) is 5.82 Å². The fourth-order valence-electron chi connectivity index (χ4n) is 3.89. The van der Waals surface area contributed by atoms with E-state index in [1.807, 2.05) is 10.9 Å². The van der Waals surface area contributed by atoms with E-state index in [-0.39, 0.29) is 6.04 Å². The summed E-state index contributed by atoms with van der Waals surface area (Å²) in [5.41, 5.74) is 0. The Labute approximate surface area is 155 Å². The van der Waals surface area contributed by atoms with Crippen molar-refractivity contribution in [1.29, 1.82) is 0 Å². The average Bonchev–Trinajstić information content (AvgIpc) is 3.24. The summed E-state index contributed by atoms with van der Waals surface area (Å²) < 4.78 is 4.32. The van der Waals surface area contributed by atoms with Crippen molar-refractivity contribution in [3.05, 3.63) is 24.0 Å². The third-order valence-corrected chi connectivity index (χ3v) is 5.63. The molecule has 1 unspecified atom stereocenters. The van der Waals surface area contributed by atoms with E-state index in [2.05, 4.69) is 61.8 Å². The highest BCUT2D eigenvalue weighted by atomic mass is 15.6. The summed E-state index contributed by atoms with van der Waals surface area (Å²) in [5.74, 6) is 2.19. The third kappa shape index (κ3) is 3.66. The molecule has 0 amide bonds. The molecule has 2 aromatic heterocycles. The first-order valence-corrected chi connectivity index (χ1v) is 9.89. The third-order valence-electron chi connectivity index (χ3n) is 5.63. The van der Waals surface area contributed by atoms with Crippen LogP contribution < -0.4 is 0 Å². The topological polar surface area (TPSA) is 67.9 Å². The highest BCUT2D eigenvalue weighted by molar-refractivity contribution is 4.98. The molecule has 0 aromatic carbocycles. The first kappa shape index (κ1) is 17.6. The van der Waals surface area contributed by atoms with Gasteiger partial charge in [-0.2, -0.15) is 0 Å². The minimum Gasteiger partial charge on any atom is -0.331 e. The van der Waals surface area contributed by atoms with Gasteiger partial charge in [-0.25, -0.2) is 9.67 Å². The van der Waals surface area contributed by atoms with Crippen LogP contribution in [0.1, 0.15) is 69.8 Å². The molecular formula is C18H30N8. The van der Waals surface area contributed by atoms with Gasteiger partial charge in [-0.1, -0.05) is 0 Å². The average molecular weight is 358 g/mol. The van der Waals surface area contributed by atoms with Gasteiger partial charge in [0.05, 0.1) is 18.6 Å². The van der Waals surface area contributed by atoms with Crippen LogP contribution >= 0.6 is 0 Å². The Hall–Kier alpha value is -1.80. The number of hydrogen-bond acceptors (Lipinski definition) is 6. The molecule has 2 aliphatic rings. The maximum Gasteiger partial charge on any atom is 0.168 e. The maximum atomic E-state index is 4.57. The van der Waals surface area contributed by atoms with E-state index >= 15 is 0 Å². The highest BCUT2D eigenvalue weighted by Crippen LogP contribution is 2.36. The maximum absolute atomic E-state index is 4.57. The van der Waals surface area contributed by atoms with Gasteiger partial charge in [-0.3, -0.25) is 9.80 Å². The van der Waals surface area contributed by atoms with Crippen LogP contribution in [0.25, 0.3) is 0 Å². The summed E-state index contributed by atoms with van der Waals surface area (Å²) in [6.07, 6.45) is 7.59. The summed E-state index contributed by atoms with van der Waals surface area (Å²) >= 11 is 0. The number of aromatic nitrogens is 6. The van der Waals surface area contributed by atoms with Gasteiger partial charge in [0.2, 0.25) is 0 Å². The van der Waals surface area contributed by atoms with Crippen molar-refractivity contribution in [2.75, 3.05) is 26.2 Å². The monoisotopic (exact) mass is 358 g/mol. The van der Waals surface area contributed by atoms with Crippen molar-refractivity contribution >= 4 is 0 Å². The molecule has 2 aromatic rings. The molecule has 26 heavy (non-hydrogen) atoms. The first-order valence-electron chi connectivity index (χ1n) is 9.89. The second-order valence-corrected chi connectivity index (χ2v) is 7.90. The highest BCUT2D eigenvalue weighted by Gasteiger charge is 2.31. The molecule has 0 spiro atoms. The molecular weight excluding hydrogens is 328 g/mol. The van der Waals surface area contributed by atoms with E-state index in [4.69, 9.17) is 0 Å². The van der Waals surface area contributed by atoms with Crippen LogP contribution in [0, 0.1) is 0 Å². The van der Waals surface area contributed by atoms with Crippen LogP contribution in [0.2, 0.25) is 0 Å². The molecule has 8 heteroatoms. The Morgan fingerprint density at radius 2 is 1.96 bits per heavy atom. The standard InChI is InChI=1S/C18H30N8/c1-14(2)25-10-7-19-17(25)13-23-8-4-9-24(12-11-23)15(3)18-20-21-22-26(18)16-5-6-16/h7,10,14-16H,4-6,8-9,11-13H2,1-3H3. The van der Waals surface area contributed by atoms with E-state index in [0.717, 1.165) is 45.0 Å². The molecule has 1 saturated heterocycles. The number of imidazole rings is 1. The van der Waals surface area contributed by atoms with Gasteiger partial charge in [0.25, 0.3) is 0 Å². The summed E-state index contributed by atoms with van der Waals surface area (Å²) in [4.78, 5) is 9.63. The molecule has 1 aliphatic carbocycles. The molecule has 1 saturated carbocycles. The van der Waals surface area contributed by atoms with Crippen molar-refractivity contribution in [3.8, 4) is 0 Å². The lowest BCUT2D eigenvalue weighted by atomic mass is 10.2. The summed E-state index contributed by atoms with van der Waals surface area (Å²) in [5, 5.41) is 12.5. The Morgan fingerprint density at radius 3 is 2.73 bits per heavy atom. The quantitative estimate of drug-likeness (QED) is 0.787. The Morgan fingerprint density at radius 1 is 1.12 bits per heavy atom. The van der Waals surface area contributed by atoms with Crippen LogP contribution in [0.4, 0.5) is 0 Å². The zero-order chi connectivity index (χ0) is 18.1. The molecule has 0 bridgehead atoms. The van der Waals surface area contributed by atoms with Crippen molar-refractivity contribution < 1.29 is 0 Å². The van der Waals surface area contributed by atoms with Gasteiger partial charge in [0.15, 0.2) is 5.82 Å². The van der Waals surface area contributed by atoms with Crippen LogP contribution in [-0.4, -0.2) is 65.7 Å². The van der Waals surface area contributed by atoms with Gasteiger partial charge >= 0.3 is 0 Å². The molecule has 8 nitrogen and oxygen atoms in total. The van der Waals surface area contributed by atoms with Gasteiger partial charge in [0, 0.05) is 38.1 Å². The van der Waals surface area contributed by atoms with Crippen molar-refractivity contribution in [1.82, 2.24) is 39.6 Å². The molecule has 1 aliphatic heterocycles. The molecule has 4 rings (SSSR count). The number of tetrazole rings is 1. The molecule has 0 N–H and O–H groups in total. The van der Waals surface area contributed by atoms with Crippen LogP contribution in [0.5, 0.6) is 0 Å². The first-order chi connectivity index (χ1) is 12.6. The van der Waals surface area contributed by atoms with E-state index in [1.54, 1.807) is 0 Å². The number of hydrogen-bond donors (Lipinski definition) is 0.